The lowest BCUT2D eigenvalue weighted by molar-refractivity contribution is -0.137. The van der Waals surface area contributed by atoms with Crippen LogP contribution in [0.4, 0.5) is 18.9 Å². The first kappa shape index (κ1) is 14.8. The van der Waals surface area contributed by atoms with Crippen molar-refractivity contribution in [2.75, 3.05) is 5.73 Å². The molecule has 2 aromatic rings. The molecule has 0 spiro atoms. The van der Waals surface area contributed by atoms with Gasteiger partial charge in [-0.15, -0.1) is 0 Å². The number of hydrazine groups is 1. The zero-order valence-corrected chi connectivity index (χ0v) is 11.3. The largest absolute Gasteiger partial charge is 0.416 e. The highest BCUT2D eigenvalue weighted by Gasteiger charge is 2.31. The van der Waals surface area contributed by atoms with E-state index in [9.17, 15) is 13.2 Å². The van der Waals surface area contributed by atoms with Crippen LogP contribution in [0, 0.1) is 0 Å². The molecular weight excluding hydrogens is 287 g/mol. The Kier molecular flexibility index (Phi) is 4.32. The molecule has 0 aliphatic heterocycles. The molecule has 0 saturated carbocycles. The van der Waals surface area contributed by atoms with E-state index in [1.807, 2.05) is 16.8 Å². The van der Waals surface area contributed by atoms with Gasteiger partial charge in [-0.2, -0.15) is 24.5 Å². The Labute approximate surface area is 118 Å². The van der Waals surface area contributed by atoms with Crippen molar-refractivity contribution < 1.29 is 13.2 Å². The molecule has 108 valence electrons. The number of rotatable bonds is 4. The van der Waals surface area contributed by atoms with Crippen molar-refractivity contribution in [3.63, 3.8) is 0 Å². The standard InChI is InChI=1S/C13H14F3N3S/c14-13(15,16)9-1-2-11(17)10(6-9)12(19-18)5-8-3-4-20-7-8/h1-4,6-7,12,19H,5,17-18H2. The Bertz CT molecular complexity index is 567. The van der Waals surface area contributed by atoms with Gasteiger partial charge in [-0.1, -0.05) is 0 Å². The van der Waals surface area contributed by atoms with Gasteiger partial charge in [0.25, 0.3) is 0 Å². The first-order valence-electron chi connectivity index (χ1n) is 5.85. The number of halogens is 3. The summed E-state index contributed by atoms with van der Waals surface area (Å²) in [5.41, 5.74) is 9.22. The van der Waals surface area contributed by atoms with E-state index in [2.05, 4.69) is 5.43 Å². The summed E-state index contributed by atoms with van der Waals surface area (Å²) in [5, 5.41) is 3.83. The number of hydrogen-bond donors (Lipinski definition) is 3. The fraction of sp³-hybridized carbons (Fsp3) is 0.231. The maximum atomic E-state index is 12.8. The molecular formula is C13H14F3N3S. The lowest BCUT2D eigenvalue weighted by Gasteiger charge is -2.19. The fourth-order valence-corrected chi connectivity index (χ4v) is 2.64. The van der Waals surface area contributed by atoms with Gasteiger partial charge < -0.3 is 5.73 Å². The lowest BCUT2D eigenvalue weighted by atomic mass is 9.97. The monoisotopic (exact) mass is 301 g/mol. The molecule has 0 radical (unpaired) electrons. The third-order valence-electron chi connectivity index (χ3n) is 3.01. The van der Waals surface area contributed by atoms with Crippen molar-refractivity contribution in [1.29, 1.82) is 0 Å². The summed E-state index contributed by atoms with van der Waals surface area (Å²) < 4.78 is 38.3. The van der Waals surface area contributed by atoms with Crippen LogP contribution < -0.4 is 17.0 Å². The molecule has 5 N–H and O–H groups in total. The summed E-state index contributed by atoms with van der Waals surface area (Å²) in [6.07, 6.45) is -3.92. The van der Waals surface area contributed by atoms with Crippen LogP contribution in [0.3, 0.4) is 0 Å². The van der Waals surface area contributed by atoms with Gasteiger partial charge in [-0.25, -0.2) is 0 Å². The first-order chi connectivity index (χ1) is 9.41. The number of hydrogen-bond acceptors (Lipinski definition) is 4. The number of nitrogen functional groups attached to an aromatic ring is 1. The lowest BCUT2D eigenvalue weighted by Crippen LogP contribution is -2.30. The van der Waals surface area contributed by atoms with Crippen LogP contribution in [0.2, 0.25) is 0 Å². The summed E-state index contributed by atoms with van der Waals surface area (Å²) in [6.45, 7) is 0. The summed E-state index contributed by atoms with van der Waals surface area (Å²) >= 11 is 1.52. The Morgan fingerprint density at radius 1 is 1.25 bits per heavy atom. The average Bonchev–Trinajstić information content (AvgIpc) is 2.88. The Hall–Kier alpha value is -1.57. The summed E-state index contributed by atoms with van der Waals surface area (Å²) in [7, 11) is 0. The molecule has 0 aliphatic carbocycles. The second-order valence-electron chi connectivity index (χ2n) is 4.40. The number of nitrogens with two attached hydrogens (primary N) is 2. The predicted octanol–water partition coefficient (Wildman–Crippen LogP) is 3.10. The third-order valence-corrected chi connectivity index (χ3v) is 3.74. The molecule has 0 saturated heterocycles. The molecule has 3 nitrogen and oxygen atoms in total. The summed E-state index contributed by atoms with van der Waals surface area (Å²) in [6, 6.07) is 4.71. The van der Waals surface area contributed by atoms with Crippen LogP contribution in [0.25, 0.3) is 0 Å². The van der Waals surface area contributed by atoms with E-state index < -0.39 is 17.8 Å². The molecule has 1 aromatic heterocycles. The van der Waals surface area contributed by atoms with Crippen LogP contribution in [0.5, 0.6) is 0 Å². The molecule has 0 fully saturated rings. The van der Waals surface area contributed by atoms with Gasteiger partial charge in [-0.05, 0) is 52.6 Å². The normalized spacial score (nSPS) is 13.4. The smallest absolute Gasteiger partial charge is 0.398 e. The van der Waals surface area contributed by atoms with Gasteiger partial charge in [0, 0.05) is 5.69 Å². The van der Waals surface area contributed by atoms with Crippen molar-refractivity contribution in [2.45, 2.75) is 18.6 Å². The number of nitrogens with one attached hydrogen (secondary N) is 1. The van der Waals surface area contributed by atoms with E-state index in [1.165, 1.54) is 17.4 Å². The van der Waals surface area contributed by atoms with E-state index in [4.69, 9.17) is 11.6 Å². The summed E-state index contributed by atoms with van der Waals surface area (Å²) in [5.74, 6) is 5.47. The first-order valence-corrected chi connectivity index (χ1v) is 6.80. The number of alkyl halides is 3. The minimum absolute atomic E-state index is 0.288. The Morgan fingerprint density at radius 2 is 2.00 bits per heavy atom. The van der Waals surface area contributed by atoms with Crippen LogP contribution in [-0.2, 0) is 12.6 Å². The van der Waals surface area contributed by atoms with Gasteiger partial charge in [0.1, 0.15) is 0 Å². The van der Waals surface area contributed by atoms with Gasteiger partial charge >= 0.3 is 6.18 Å². The van der Waals surface area contributed by atoms with Crippen LogP contribution in [0.1, 0.15) is 22.7 Å². The number of anilines is 1. The van der Waals surface area contributed by atoms with Crippen LogP contribution >= 0.6 is 11.3 Å². The maximum Gasteiger partial charge on any atom is 0.416 e. The maximum absolute atomic E-state index is 12.8. The van der Waals surface area contributed by atoms with Crippen molar-refractivity contribution in [1.82, 2.24) is 5.43 Å². The summed E-state index contributed by atoms with van der Waals surface area (Å²) in [4.78, 5) is 0. The molecule has 7 heteroatoms. The fourth-order valence-electron chi connectivity index (χ4n) is 1.96. The zero-order valence-electron chi connectivity index (χ0n) is 10.4. The van der Waals surface area contributed by atoms with Gasteiger partial charge in [0.05, 0.1) is 11.6 Å². The average molecular weight is 301 g/mol. The molecule has 0 bridgehead atoms. The molecule has 0 amide bonds. The zero-order chi connectivity index (χ0) is 14.8. The van der Waals surface area contributed by atoms with E-state index in [0.717, 1.165) is 17.7 Å². The molecule has 2 rings (SSSR count). The minimum Gasteiger partial charge on any atom is -0.398 e. The van der Waals surface area contributed by atoms with E-state index in [1.54, 1.807) is 0 Å². The third kappa shape index (κ3) is 3.30. The molecule has 20 heavy (non-hydrogen) atoms. The molecule has 1 heterocycles. The molecule has 1 aromatic carbocycles. The van der Waals surface area contributed by atoms with Gasteiger partial charge in [-0.3, -0.25) is 11.3 Å². The quantitative estimate of drug-likeness (QED) is 0.462. The number of benzene rings is 1. The van der Waals surface area contributed by atoms with Gasteiger partial charge in [0.15, 0.2) is 0 Å². The van der Waals surface area contributed by atoms with E-state index in [0.29, 0.717) is 12.0 Å². The van der Waals surface area contributed by atoms with Crippen LogP contribution in [-0.4, -0.2) is 0 Å². The van der Waals surface area contributed by atoms with Crippen molar-refractivity contribution in [3.8, 4) is 0 Å². The highest BCUT2D eigenvalue weighted by atomic mass is 32.1. The predicted molar refractivity (Wildman–Crippen MR) is 73.9 cm³/mol. The van der Waals surface area contributed by atoms with Crippen molar-refractivity contribution in [3.05, 3.63) is 51.7 Å². The number of thiophene rings is 1. The topological polar surface area (TPSA) is 64.1 Å². The van der Waals surface area contributed by atoms with Crippen LogP contribution in [0.15, 0.2) is 35.0 Å². The Balaban J connectivity index is 2.33. The van der Waals surface area contributed by atoms with Crippen molar-refractivity contribution in [2.24, 2.45) is 5.84 Å². The molecule has 0 aliphatic rings. The van der Waals surface area contributed by atoms with Gasteiger partial charge in [0.2, 0.25) is 0 Å². The Morgan fingerprint density at radius 3 is 2.55 bits per heavy atom. The molecule has 1 atom stereocenters. The van der Waals surface area contributed by atoms with Crippen molar-refractivity contribution >= 4 is 17.0 Å². The highest BCUT2D eigenvalue weighted by molar-refractivity contribution is 7.07. The van der Waals surface area contributed by atoms with E-state index in [-0.39, 0.29) is 5.69 Å². The highest BCUT2D eigenvalue weighted by Crippen LogP contribution is 2.33. The SMILES string of the molecule is NNC(Cc1ccsc1)c1cc(C(F)(F)F)ccc1N. The second-order valence-corrected chi connectivity index (χ2v) is 5.18. The minimum atomic E-state index is -4.40. The molecule has 1 unspecified atom stereocenters. The second kappa shape index (κ2) is 5.82. The van der Waals surface area contributed by atoms with E-state index >= 15 is 0 Å².